The summed E-state index contributed by atoms with van der Waals surface area (Å²) in [5.74, 6) is 0.820. The van der Waals surface area contributed by atoms with E-state index in [1.807, 2.05) is 25.1 Å². The average molecular weight is 320 g/mol. The van der Waals surface area contributed by atoms with Crippen molar-refractivity contribution >= 4 is 5.91 Å². The van der Waals surface area contributed by atoms with Gasteiger partial charge in [-0.05, 0) is 19.4 Å². The molecule has 1 atom stereocenters. The predicted octanol–water partition coefficient (Wildman–Crippen LogP) is 1.77. The number of nitrogens with zero attached hydrogens (tertiary/aromatic N) is 1. The topological polar surface area (TPSA) is 50.8 Å². The number of ether oxygens (including phenoxy) is 2. The van der Waals surface area contributed by atoms with Crippen molar-refractivity contribution in [1.82, 2.24) is 10.2 Å². The van der Waals surface area contributed by atoms with E-state index in [1.165, 1.54) is 0 Å². The van der Waals surface area contributed by atoms with Gasteiger partial charge in [-0.1, -0.05) is 24.6 Å². The van der Waals surface area contributed by atoms with Crippen LogP contribution in [0.25, 0.3) is 0 Å². The normalized spacial score (nSPS) is 16.8. The van der Waals surface area contributed by atoms with Crippen LogP contribution in [0.3, 0.4) is 0 Å². The first-order chi connectivity index (χ1) is 11.1. The summed E-state index contributed by atoms with van der Waals surface area (Å²) < 4.78 is 10.7. The summed E-state index contributed by atoms with van der Waals surface area (Å²) in [5.41, 5.74) is 2.07. The maximum absolute atomic E-state index is 12.4. The first-order valence-electron chi connectivity index (χ1n) is 8.35. The maximum atomic E-state index is 12.4. The summed E-state index contributed by atoms with van der Waals surface area (Å²) in [6.07, 6.45) is 1.28. The van der Waals surface area contributed by atoms with Crippen LogP contribution in [-0.4, -0.2) is 56.8 Å². The Morgan fingerprint density at radius 2 is 2.13 bits per heavy atom. The van der Waals surface area contributed by atoms with Gasteiger partial charge in [-0.25, -0.2) is 0 Å². The molecule has 0 aliphatic carbocycles. The number of carbonyl (C=O) groups excluding carboxylic acids is 1. The molecule has 1 heterocycles. The van der Waals surface area contributed by atoms with Crippen molar-refractivity contribution in [3.63, 3.8) is 0 Å². The Balaban J connectivity index is 1.90. The minimum Gasteiger partial charge on any atom is -0.496 e. The molecule has 5 heteroatoms. The lowest BCUT2D eigenvalue weighted by Crippen LogP contribution is -2.47. The van der Waals surface area contributed by atoms with Crippen LogP contribution in [0.5, 0.6) is 5.75 Å². The zero-order valence-corrected chi connectivity index (χ0v) is 14.4. The summed E-state index contributed by atoms with van der Waals surface area (Å²) in [7, 11) is 1.64. The van der Waals surface area contributed by atoms with E-state index in [-0.39, 0.29) is 11.9 Å². The SMILES string of the molecule is CC[C@H](CN1CCOCC1)NC(=O)Cc1cc(C)ccc1OC. The van der Waals surface area contributed by atoms with E-state index in [2.05, 4.69) is 17.1 Å². The molecular formula is C18H28N2O3. The van der Waals surface area contributed by atoms with E-state index in [1.54, 1.807) is 7.11 Å². The van der Waals surface area contributed by atoms with Crippen LogP contribution in [0, 0.1) is 6.92 Å². The monoisotopic (exact) mass is 320 g/mol. The van der Waals surface area contributed by atoms with Gasteiger partial charge in [0.25, 0.3) is 0 Å². The lowest BCUT2D eigenvalue weighted by Gasteiger charge is -2.30. The smallest absolute Gasteiger partial charge is 0.224 e. The first-order valence-corrected chi connectivity index (χ1v) is 8.35. The van der Waals surface area contributed by atoms with Gasteiger partial charge < -0.3 is 14.8 Å². The Hall–Kier alpha value is -1.59. The molecule has 0 aromatic heterocycles. The molecule has 0 saturated carbocycles. The molecule has 2 rings (SSSR count). The zero-order chi connectivity index (χ0) is 16.7. The molecule has 1 saturated heterocycles. The summed E-state index contributed by atoms with van der Waals surface area (Å²) in [6, 6.07) is 6.11. The largest absolute Gasteiger partial charge is 0.496 e. The molecule has 0 bridgehead atoms. The number of benzene rings is 1. The molecule has 128 valence electrons. The standard InChI is InChI=1S/C18H28N2O3/c1-4-16(13-20-7-9-23-10-8-20)19-18(21)12-15-11-14(2)5-6-17(15)22-3/h5-6,11,16H,4,7-10,12-13H2,1-3H3,(H,19,21)/t16-/m1/s1. The third-order valence-electron chi connectivity index (χ3n) is 4.23. The van der Waals surface area contributed by atoms with Crippen LogP contribution in [0.2, 0.25) is 0 Å². The number of rotatable bonds is 7. The van der Waals surface area contributed by atoms with Gasteiger partial charge in [0.2, 0.25) is 5.91 Å². The molecule has 0 unspecified atom stereocenters. The molecule has 1 aromatic carbocycles. The second-order valence-electron chi connectivity index (χ2n) is 6.08. The van der Waals surface area contributed by atoms with E-state index in [4.69, 9.17) is 9.47 Å². The van der Waals surface area contributed by atoms with Gasteiger partial charge in [-0.3, -0.25) is 9.69 Å². The number of amides is 1. The molecule has 1 N–H and O–H groups in total. The second-order valence-corrected chi connectivity index (χ2v) is 6.08. The lowest BCUT2D eigenvalue weighted by atomic mass is 10.1. The highest BCUT2D eigenvalue weighted by Gasteiger charge is 2.18. The van der Waals surface area contributed by atoms with E-state index in [0.717, 1.165) is 56.1 Å². The molecule has 1 aliphatic rings. The number of nitrogens with one attached hydrogen (secondary N) is 1. The van der Waals surface area contributed by atoms with Gasteiger partial charge in [-0.2, -0.15) is 0 Å². The molecule has 0 radical (unpaired) electrons. The number of methoxy groups -OCH3 is 1. The van der Waals surface area contributed by atoms with Crippen LogP contribution >= 0.6 is 0 Å². The quantitative estimate of drug-likeness (QED) is 0.832. The van der Waals surface area contributed by atoms with Crippen LogP contribution in [0.4, 0.5) is 0 Å². The van der Waals surface area contributed by atoms with Crippen molar-refractivity contribution in [3.8, 4) is 5.75 Å². The van der Waals surface area contributed by atoms with Gasteiger partial charge in [0.1, 0.15) is 5.75 Å². The fourth-order valence-corrected chi connectivity index (χ4v) is 2.87. The van der Waals surface area contributed by atoms with Crippen molar-refractivity contribution in [2.75, 3.05) is 40.0 Å². The summed E-state index contributed by atoms with van der Waals surface area (Å²) in [4.78, 5) is 14.7. The Morgan fingerprint density at radius 1 is 1.39 bits per heavy atom. The summed E-state index contributed by atoms with van der Waals surface area (Å²) in [5, 5.41) is 3.16. The Morgan fingerprint density at radius 3 is 2.78 bits per heavy atom. The highest BCUT2D eigenvalue weighted by atomic mass is 16.5. The number of hydrogen-bond acceptors (Lipinski definition) is 4. The predicted molar refractivity (Wildman–Crippen MR) is 90.9 cm³/mol. The molecule has 1 amide bonds. The number of morpholine rings is 1. The number of carbonyl (C=O) groups is 1. The molecule has 1 aliphatic heterocycles. The summed E-state index contributed by atoms with van der Waals surface area (Å²) >= 11 is 0. The van der Waals surface area contributed by atoms with Crippen molar-refractivity contribution in [3.05, 3.63) is 29.3 Å². The molecular weight excluding hydrogens is 292 g/mol. The van der Waals surface area contributed by atoms with E-state index < -0.39 is 0 Å². The fourth-order valence-electron chi connectivity index (χ4n) is 2.87. The minimum atomic E-state index is 0.0500. The Labute approximate surface area is 139 Å². The third kappa shape index (κ3) is 5.52. The summed E-state index contributed by atoms with van der Waals surface area (Å²) in [6.45, 7) is 8.47. The molecule has 5 nitrogen and oxygen atoms in total. The second kappa shape index (κ2) is 8.89. The van der Waals surface area contributed by atoms with Gasteiger partial charge in [0, 0.05) is 31.2 Å². The van der Waals surface area contributed by atoms with Gasteiger partial charge in [-0.15, -0.1) is 0 Å². The molecule has 0 spiro atoms. The number of hydrogen-bond donors (Lipinski definition) is 1. The van der Waals surface area contributed by atoms with Crippen molar-refractivity contribution in [2.45, 2.75) is 32.7 Å². The van der Waals surface area contributed by atoms with Crippen LogP contribution in [0.15, 0.2) is 18.2 Å². The fraction of sp³-hybridized carbons (Fsp3) is 0.611. The van der Waals surface area contributed by atoms with E-state index in [9.17, 15) is 4.79 Å². The van der Waals surface area contributed by atoms with Crippen molar-refractivity contribution in [2.24, 2.45) is 0 Å². The first kappa shape index (κ1) is 17.8. The Kier molecular flexibility index (Phi) is 6.86. The van der Waals surface area contributed by atoms with Crippen molar-refractivity contribution in [1.29, 1.82) is 0 Å². The van der Waals surface area contributed by atoms with Gasteiger partial charge in [0.15, 0.2) is 0 Å². The van der Waals surface area contributed by atoms with E-state index >= 15 is 0 Å². The third-order valence-corrected chi connectivity index (χ3v) is 4.23. The van der Waals surface area contributed by atoms with Crippen LogP contribution in [0.1, 0.15) is 24.5 Å². The minimum absolute atomic E-state index is 0.0500. The molecule has 23 heavy (non-hydrogen) atoms. The zero-order valence-electron chi connectivity index (χ0n) is 14.4. The van der Waals surface area contributed by atoms with E-state index in [0.29, 0.717) is 6.42 Å². The number of aryl methyl sites for hydroxylation is 1. The van der Waals surface area contributed by atoms with Gasteiger partial charge >= 0.3 is 0 Å². The Bertz CT molecular complexity index is 513. The van der Waals surface area contributed by atoms with Crippen LogP contribution in [-0.2, 0) is 16.0 Å². The molecule has 1 fully saturated rings. The van der Waals surface area contributed by atoms with Crippen LogP contribution < -0.4 is 10.1 Å². The van der Waals surface area contributed by atoms with Gasteiger partial charge in [0.05, 0.1) is 26.7 Å². The highest BCUT2D eigenvalue weighted by molar-refractivity contribution is 5.79. The highest BCUT2D eigenvalue weighted by Crippen LogP contribution is 2.20. The average Bonchev–Trinajstić information content (AvgIpc) is 2.55. The maximum Gasteiger partial charge on any atom is 0.224 e. The lowest BCUT2D eigenvalue weighted by molar-refractivity contribution is -0.121. The van der Waals surface area contributed by atoms with Crippen molar-refractivity contribution < 1.29 is 14.3 Å². The molecule has 1 aromatic rings.